The molecule has 1 aliphatic rings. The van der Waals surface area contributed by atoms with Gasteiger partial charge in [-0.05, 0) is 26.7 Å². The second-order valence-electron chi connectivity index (χ2n) is 4.16. The minimum Gasteiger partial charge on any atom is -0.339 e. The highest BCUT2D eigenvalue weighted by molar-refractivity contribution is 5.79. The molecule has 0 saturated heterocycles. The fraction of sp³-hybridized carbons (Fsp3) is 0.818. The van der Waals surface area contributed by atoms with Gasteiger partial charge in [-0.25, -0.2) is 0 Å². The van der Waals surface area contributed by atoms with Crippen molar-refractivity contribution in [3.05, 3.63) is 0 Å². The number of rotatable bonds is 4. The smallest absolute Gasteiger partial charge is 0.225 e. The fourth-order valence-corrected chi connectivity index (χ4v) is 1.68. The number of hydrogen-bond acceptors (Lipinski definition) is 2. The number of carbonyl (C=O) groups excluding carboxylic acids is 1. The standard InChI is InChI=1S/C11H18N2O/c1-9(2)13(8-4-7-12)11(14)10-5-3-6-10/h9-10H,3-6,8H2,1-2H3. The van der Waals surface area contributed by atoms with Crippen LogP contribution in [0.4, 0.5) is 0 Å². The molecular weight excluding hydrogens is 176 g/mol. The van der Waals surface area contributed by atoms with Crippen molar-refractivity contribution >= 4 is 5.91 Å². The monoisotopic (exact) mass is 194 g/mol. The van der Waals surface area contributed by atoms with Gasteiger partial charge in [0.05, 0.1) is 12.5 Å². The number of nitriles is 1. The molecule has 0 aromatic heterocycles. The van der Waals surface area contributed by atoms with Crippen LogP contribution in [0.2, 0.25) is 0 Å². The fourth-order valence-electron chi connectivity index (χ4n) is 1.68. The van der Waals surface area contributed by atoms with Crippen LogP contribution in [-0.2, 0) is 4.79 Å². The Hall–Kier alpha value is -1.04. The summed E-state index contributed by atoms with van der Waals surface area (Å²) in [7, 11) is 0. The zero-order chi connectivity index (χ0) is 10.6. The van der Waals surface area contributed by atoms with Crippen LogP contribution in [0.25, 0.3) is 0 Å². The molecular formula is C11H18N2O. The van der Waals surface area contributed by atoms with Crippen molar-refractivity contribution in [2.45, 2.75) is 45.6 Å². The van der Waals surface area contributed by atoms with Gasteiger partial charge in [0.1, 0.15) is 0 Å². The molecule has 0 N–H and O–H groups in total. The van der Waals surface area contributed by atoms with Gasteiger partial charge in [0, 0.05) is 18.5 Å². The molecule has 0 radical (unpaired) electrons. The lowest BCUT2D eigenvalue weighted by Crippen LogP contribution is -2.43. The Balaban J connectivity index is 2.48. The molecule has 0 aromatic rings. The maximum absolute atomic E-state index is 11.9. The van der Waals surface area contributed by atoms with Gasteiger partial charge in [0.25, 0.3) is 0 Å². The van der Waals surface area contributed by atoms with Crippen molar-refractivity contribution in [3.63, 3.8) is 0 Å². The Labute approximate surface area is 85.7 Å². The average molecular weight is 194 g/mol. The first kappa shape index (κ1) is 11.0. The molecule has 0 heterocycles. The minimum absolute atomic E-state index is 0.219. The second kappa shape index (κ2) is 4.99. The van der Waals surface area contributed by atoms with E-state index in [-0.39, 0.29) is 17.9 Å². The van der Waals surface area contributed by atoms with Gasteiger partial charge >= 0.3 is 0 Å². The Kier molecular flexibility index (Phi) is 3.94. The van der Waals surface area contributed by atoms with E-state index in [1.54, 1.807) is 0 Å². The summed E-state index contributed by atoms with van der Waals surface area (Å²) >= 11 is 0. The van der Waals surface area contributed by atoms with Crippen molar-refractivity contribution in [2.75, 3.05) is 6.54 Å². The molecule has 3 nitrogen and oxygen atoms in total. The summed E-state index contributed by atoms with van der Waals surface area (Å²) in [6.45, 7) is 4.60. The molecule has 3 heteroatoms. The van der Waals surface area contributed by atoms with Gasteiger partial charge in [-0.15, -0.1) is 0 Å². The molecule has 1 fully saturated rings. The van der Waals surface area contributed by atoms with Gasteiger partial charge in [0.2, 0.25) is 5.91 Å². The van der Waals surface area contributed by atoms with E-state index in [9.17, 15) is 4.79 Å². The highest BCUT2D eigenvalue weighted by Crippen LogP contribution is 2.28. The van der Waals surface area contributed by atoms with Crippen LogP contribution in [0.3, 0.4) is 0 Å². The molecule has 14 heavy (non-hydrogen) atoms. The lowest BCUT2D eigenvalue weighted by Gasteiger charge is -2.33. The van der Waals surface area contributed by atoms with Crippen molar-refractivity contribution in [2.24, 2.45) is 5.92 Å². The molecule has 78 valence electrons. The van der Waals surface area contributed by atoms with E-state index in [1.807, 2.05) is 18.7 Å². The first-order valence-corrected chi connectivity index (χ1v) is 5.34. The zero-order valence-electron chi connectivity index (χ0n) is 8.99. The van der Waals surface area contributed by atoms with Gasteiger partial charge in [0.15, 0.2) is 0 Å². The number of hydrogen-bond donors (Lipinski definition) is 0. The summed E-state index contributed by atoms with van der Waals surface area (Å²) in [4.78, 5) is 13.7. The van der Waals surface area contributed by atoms with Crippen molar-refractivity contribution in [3.8, 4) is 6.07 Å². The van der Waals surface area contributed by atoms with Crippen LogP contribution in [0.5, 0.6) is 0 Å². The zero-order valence-corrected chi connectivity index (χ0v) is 8.99. The Morgan fingerprint density at radius 3 is 2.57 bits per heavy atom. The molecule has 1 saturated carbocycles. The van der Waals surface area contributed by atoms with E-state index in [0.29, 0.717) is 13.0 Å². The van der Waals surface area contributed by atoms with E-state index in [1.165, 1.54) is 6.42 Å². The normalized spacial score (nSPS) is 16.1. The molecule has 0 bridgehead atoms. The summed E-state index contributed by atoms with van der Waals surface area (Å²) in [6.07, 6.45) is 3.69. The molecule has 0 aliphatic heterocycles. The van der Waals surface area contributed by atoms with Crippen molar-refractivity contribution < 1.29 is 4.79 Å². The van der Waals surface area contributed by atoms with E-state index < -0.39 is 0 Å². The summed E-state index contributed by atoms with van der Waals surface area (Å²) in [5.74, 6) is 0.498. The predicted molar refractivity (Wildman–Crippen MR) is 54.4 cm³/mol. The first-order valence-electron chi connectivity index (χ1n) is 5.34. The van der Waals surface area contributed by atoms with Crippen LogP contribution in [0.1, 0.15) is 39.5 Å². The number of carbonyl (C=O) groups is 1. The maximum Gasteiger partial charge on any atom is 0.225 e. The van der Waals surface area contributed by atoms with E-state index in [2.05, 4.69) is 6.07 Å². The lowest BCUT2D eigenvalue weighted by atomic mass is 9.84. The Morgan fingerprint density at radius 1 is 1.57 bits per heavy atom. The summed E-state index contributed by atoms with van der Waals surface area (Å²) in [5, 5.41) is 8.50. The van der Waals surface area contributed by atoms with Crippen LogP contribution >= 0.6 is 0 Å². The second-order valence-corrected chi connectivity index (χ2v) is 4.16. The molecule has 1 aliphatic carbocycles. The predicted octanol–water partition coefficient (Wildman–Crippen LogP) is 1.94. The van der Waals surface area contributed by atoms with Crippen LogP contribution < -0.4 is 0 Å². The van der Waals surface area contributed by atoms with Gasteiger partial charge in [-0.2, -0.15) is 5.26 Å². The van der Waals surface area contributed by atoms with E-state index in [0.717, 1.165) is 12.8 Å². The van der Waals surface area contributed by atoms with Gasteiger partial charge < -0.3 is 4.90 Å². The van der Waals surface area contributed by atoms with E-state index >= 15 is 0 Å². The SMILES string of the molecule is CC(C)N(CCC#N)C(=O)C1CCC1. The average Bonchev–Trinajstić information content (AvgIpc) is 2.01. The highest BCUT2D eigenvalue weighted by atomic mass is 16.2. The summed E-state index contributed by atoms with van der Waals surface area (Å²) in [5.41, 5.74) is 0. The molecule has 0 aromatic carbocycles. The Bertz CT molecular complexity index is 238. The maximum atomic E-state index is 11.9. The molecule has 1 amide bonds. The summed E-state index contributed by atoms with van der Waals surface area (Å²) < 4.78 is 0. The quantitative estimate of drug-likeness (QED) is 0.686. The molecule has 0 atom stereocenters. The topological polar surface area (TPSA) is 44.1 Å². The number of nitrogens with zero attached hydrogens (tertiary/aromatic N) is 2. The van der Waals surface area contributed by atoms with Crippen LogP contribution in [-0.4, -0.2) is 23.4 Å². The molecule has 1 rings (SSSR count). The van der Waals surface area contributed by atoms with Gasteiger partial charge in [-0.1, -0.05) is 6.42 Å². The Morgan fingerprint density at radius 2 is 2.21 bits per heavy atom. The third-order valence-electron chi connectivity index (χ3n) is 2.83. The summed E-state index contributed by atoms with van der Waals surface area (Å²) in [6, 6.07) is 2.31. The third-order valence-corrected chi connectivity index (χ3v) is 2.83. The van der Waals surface area contributed by atoms with E-state index in [4.69, 9.17) is 5.26 Å². The van der Waals surface area contributed by atoms with Crippen LogP contribution in [0.15, 0.2) is 0 Å². The lowest BCUT2D eigenvalue weighted by molar-refractivity contribution is -0.139. The molecule has 0 spiro atoms. The van der Waals surface area contributed by atoms with Crippen molar-refractivity contribution in [1.82, 2.24) is 4.90 Å². The largest absolute Gasteiger partial charge is 0.339 e. The van der Waals surface area contributed by atoms with Crippen LogP contribution in [0, 0.1) is 17.2 Å². The van der Waals surface area contributed by atoms with Crippen molar-refractivity contribution in [1.29, 1.82) is 5.26 Å². The molecule has 0 unspecified atom stereocenters. The third kappa shape index (κ3) is 2.47. The number of amides is 1. The minimum atomic E-state index is 0.219. The highest BCUT2D eigenvalue weighted by Gasteiger charge is 2.30. The first-order chi connectivity index (χ1) is 6.66. The van der Waals surface area contributed by atoms with Gasteiger partial charge in [-0.3, -0.25) is 4.79 Å².